The lowest BCUT2D eigenvalue weighted by molar-refractivity contribution is 0.0999. The van der Waals surface area contributed by atoms with Crippen molar-refractivity contribution in [3.05, 3.63) is 50.5 Å². The largest absolute Gasteiger partial charge is 0.451 e. The second-order valence-electron chi connectivity index (χ2n) is 5.67. The predicted octanol–water partition coefficient (Wildman–Crippen LogP) is 4.10. The minimum atomic E-state index is -0.502. The topological polar surface area (TPSA) is 85.3 Å². The van der Waals surface area contributed by atoms with Crippen LogP contribution in [0.1, 0.15) is 37.8 Å². The summed E-state index contributed by atoms with van der Waals surface area (Å²) in [4.78, 5) is 25.4. The Morgan fingerprint density at radius 3 is 2.88 bits per heavy atom. The molecule has 5 nitrogen and oxygen atoms in total. The summed E-state index contributed by atoms with van der Waals surface area (Å²) in [5, 5.41) is 4.13. The van der Waals surface area contributed by atoms with E-state index in [-0.39, 0.29) is 11.7 Å². The molecule has 0 fully saturated rings. The van der Waals surface area contributed by atoms with E-state index in [0.29, 0.717) is 16.1 Å². The van der Waals surface area contributed by atoms with Crippen molar-refractivity contribution in [1.82, 2.24) is 0 Å². The van der Waals surface area contributed by atoms with E-state index >= 15 is 0 Å². The lowest BCUT2D eigenvalue weighted by Crippen LogP contribution is -2.17. The summed E-state index contributed by atoms with van der Waals surface area (Å²) < 4.78 is 6.50. The molecule has 0 unspecified atom stereocenters. The molecule has 3 N–H and O–H groups in total. The Balaban J connectivity index is 1.67. The van der Waals surface area contributed by atoms with Crippen LogP contribution < -0.4 is 11.1 Å². The number of benzene rings is 1. The second kappa shape index (κ2) is 5.75. The van der Waals surface area contributed by atoms with Crippen LogP contribution in [-0.4, -0.2) is 11.8 Å². The Labute approximate surface area is 150 Å². The van der Waals surface area contributed by atoms with Gasteiger partial charge in [-0.15, -0.1) is 11.3 Å². The molecule has 2 aromatic heterocycles. The van der Waals surface area contributed by atoms with E-state index in [4.69, 9.17) is 10.2 Å². The molecule has 0 saturated carbocycles. The van der Waals surface area contributed by atoms with Crippen LogP contribution in [0.2, 0.25) is 0 Å². The number of primary amides is 1. The third-order valence-corrected chi connectivity index (χ3v) is 5.80. The standard InChI is InChI=1S/C17H13BrN2O3S/c18-9-4-5-11-8(6-9)7-12(23-11)16(22)20-17-14(15(19)21)10-2-1-3-13(10)24-17/h4-7H,1-3H2,(H2,19,21)(H,20,22). The summed E-state index contributed by atoms with van der Waals surface area (Å²) in [6.45, 7) is 0. The maximum absolute atomic E-state index is 12.5. The number of fused-ring (bicyclic) bond motifs is 2. The molecule has 3 aromatic rings. The van der Waals surface area contributed by atoms with Gasteiger partial charge >= 0.3 is 0 Å². The molecular formula is C17H13BrN2O3S. The van der Waals surface area contributed by atoms with Gasteiger partial charge < -0.3 is 15.5 Å². The van der Waals surface area contributed by atoms with E-state index in [1.54, 1.807) is 12.1 Å². The van der Waals surface area contributed by atoms with Gasteiger partial charge in [0.1, 0.15) is 10.6 Å². The van der Waals surface area contributed by atoms with Gasteiger partial charge in [-0.3, -0.25) is 9.59 Å². The Morgan fingerprint density at radius 2 is 2.08 bits per heavy atom. The van der Waals surface area contributed by atoms with Gasteiger partial charge in [-0.05, 0) is 49.1 Å². The molecule has 0 radical (unpaired) electrons. The maximum Gasteiger partial charge on any atom is 0.292 e. The van der Waals surface area contributed by atoms with Crippen molar-refractivity contribution in [3.8, 4) is 0 Å². The first kappa shape index (κ1) is 15.4. The average molecular weight is 405 g/mol. The maximum atomic E-state index is 12.5. The monoisotopic (exact) mass is 404 g/mol. The number of nitrogens with two attached hydrogens (primary N) is 1. The normalized spacial score (nSPS) is 13.2. The molecule has 7 heteroatoms. The fourth-order valence-electron chi connectivity index (χ4n) is 3.04. The van der Waals surface area contributed by atoms with Crippen LogP contribution in [0, 0.1) is 0 Å². The molecule has 2 heterocycles. The zero-order chi connectivity index (χ0) is 16.8. The quantitative estimate of drug-likeness (QED) is 0.688. The number of amides is 2. The van der Waals surface area contributed by atoms with Crippen LogP contribution in [0.3, 0.4) is 0 Å². The molecule has 0 atom stereocenters. The number of carbonyl (C=O) groups excluding carboxylic acids is 2. The smallest absolute Gasteiger partial charge is 0.292 e. The van der Waals surface area contributed by atoms with E-state index in [0.717, 1.165) is 39.6 Å². The van der Waals surface area contributed by atoms with Gasteiger partial charge in [0, 0.05) is 14.7 Å². The number of thiophene rings is 1. The van der Waals surface area contributed by atoms with E-state index in [1.165, 1.54) is 11.3 Å². The van der Waals surface area contributed by atoms with Crippen LogP contribution >= 0.6 is 27.3 Å². The molecule has 1 aromatic carbocycles. The lowest BCUT2D eigenvalue weighted by atomic mass is 10.1. The van der Waals surface area contributed by atoms with Crippen LogP contribution in [0.25, 0.3) is 11.0 Å². The van der Waals surface area contributed by atoms with E-state index in [1.807, 2.05) is 12.1 Å². The first-order valence-electron chi connectivity index (χ1n) is 7.47. The van der Waals surface area contributed by atoms with Crippen LogP contribution in [0.5, 0.6) is 0 Å². The molecule has 1 aliphatic carbocycles. The van der Waals surface area contributed by atoms with Gasteiger partial charge in [-0.1, -0.05) is 15.9 Å². The SMILES string of the molecule is NC(=O)c1c(NC(=O)c2cc3cc(Br)ccc3o2)sc2c1CCC2. The number of furan rings is 1. The third-order valence-electron chi connectivity index (χ3n) is 4.10. The number of rotatable bonds is 3. The predicted molar refractivity (Wildman–Crippen MR) is 96.7 cm³/mol. The minimum absolute atomic E-state index is 0.201. The molecule has 0 aliphatic heterocycles. The van der Waals surface area contributed by atoms with Crippen molar-refractivity contribution in [2.24, 2.45) is 5.73 Å². The Morgan fingerprint density at radius 1 is 1.25 bits per heavy atom. The fourth-order valence-corrected chi connectivity index (χ4v) is 4.71. The highest BCUT2D eigenvalue weighted by molar-refractivity contribution is 9.10. The Bertz CT molecular complexity index is 989. The van der Waals surface area contributed by atoms with E-state index in [9.17, 15) is 9.59 Å². The van der Waals surface area contributed by atoms with Crippen LogP contribution in [-0.2, 0) is 12.8 Å². The highest BCUT2D eigenvalue weighted by atomic mass is 79.9. The average Bonchev–Trinajstić information content (AvgIpc) is 3.19. The molecule has 1 aliphatic rings. The van der Waals surface area contributed by atoms with Gasteiger partial charge in [0.25, 0.3) is 11.8 Å². The zero-order valence-corrected chi connectivity index (χ0v) is 14.9. The first-order valence-corrected chi connectivity index (χ1v) is 9.08. The summed E-state index contributed by atoms with van der Waals surface area (Å²) >= 11 is 4.82. The Hall–Kier alpha value is -2.12. The number of hydrogen-bond donors (Lipinski definition) is 2. The molecule has 0 saturated heterocycles. The summed E-state index contributed by atoms with van der Waals surface area (Å²) in [6.07, 6.45) is 2.78. The van der Waals surface area contributed by atoms with Gasteiger partial charge in [0.05, 0.1) is 5.56 Å². The summed E-state index contributed by atoms with van der Waals surface area (Å²) in [5.41, 5.74) is 7.57. The lowest BCUT2D eigenvalue weighted by Gasteiger charge is -2.04. The van der Waals surface area contributed by atoms with E-state index in [2.05, 4.69) is 21.2 Å². The molecule has 2 amide bonds. The third kappa shape index (κ3) is 2.53. The molecule has 0 bridgehead atoms. The van der Waals surface area contributed by atoms with E-state index < -0.39 is 5.91 Å². The molecule has 122 valence electrons. The molecule has 4 rings (SSSR count). The summed E-state index contributed by atoms with van der Waals surface area (Å²) in [7, 11) is 0. The number of hydrogen-bond acceptors (Lipinski definition) is 4. The number of anilines is 1. The number of aryl methyl sites for hydroxylation is 1. The fraction of sp³-hybridized carbons (Fsp3) is 0.176. The highest BCUT2D eigenvalue weighted by Gasteiger charge is 2.26. The van der Waals surface area contributed by atoms with Crippen molar-refractivity contribution in [3.63, 3.8) is 0 Å². The first-order chi connectivity index (χ1) is 11.5. The molecular weight excluding hydrogens is 392 g/mol. The van der Waals surface area contributed by atoms with Gasteiger partial charge in [-0.2, -0.15) is 0 Å². The van der Waals surface area contributed by atoms with Crippen molar-refractivity contribution >= 4 is 55.1 Å². The number of nitrogens with one attached hydrogen (secondary N) is 1. The van der Waals surface area contributed by atoms with Gasteiger partial charge in [-0.25, -0.2) is 0 Å². The van der Waals surface area contributed by atoms with Crippen molar-refractivity contribution < 1.29 is 14.0 Å². The van der Waals surface area contributed by atoms with Crippen LogP contribution in [0.15, 0.2) is 33.2 Å². The summed E-state index contributed by atoms with van der Waals surface area (Å²) in [6, 6.07) is 7.21. The molecule has 24 heavy (non-hydrogen) atoms. The zero-order valence-electron chi connectivity index (χ0n) is 12.5. The second-order valence-corrected chi connectivity index (χ2v) is 7.69. The van der Waals surface area contributed by atoms with Crippen molar-refractivity contribution in [1.29, 1.82) is 0 Å². The van der Waals surface area contributed by atoms with Crippen LogP contribution in [0.4, 0.5) is 5.00 Å². The van der Waals surface area contributed by atoms with Gasteiger partial charge in [0.2, 0.25) is 0 Å². The van der Waals surface area contributed by atoms with Crippen molar-refractivity contribution in [2.75, 3.05) is 5.32 Å². The van der Waals surface area contributed by atoms with Gasteiger partial charge in [0.15, 0.2) is 5.76 Å². The summed E-state index contributed by atoms with van der Waals surface area (Å²) in [5.74, 6) is -0.685. The molecule has 0 spiro atoms. The minimum Gasteiger partial charge on any atom is -0.451 e. The highest BCUT2D eigenvalue weighted by Crippen LogP contribution is 2.39. The number of carbonyl (C=O) groups is 2. The Kier molecular flexibility index (Phi) is 3.69. The number of halogens is 1. The van der Waals surface area contributed by atoms with Crippen molar-refractivity contribution in [2.45, 2.75) is 19.3 Å².